The number of urea groups is 1. The average Bonchev–Trinajstić information content (AvgIpc) is 2.32. The van der Waals surface area contributed by atoms with E-state index in [0.717, 1.165) is 5.56 Å². The van der Waals surface area contributed by atoms with E-state index in [1.165, 1.54) is 17.4 Å². The summed E-state index contributed by atoms with van der Waals surface area (Å²) < 4.78 is 38.9. The first kappa shape index (κ1) is 17.3. The van der Waals surface area contributed by atoms with Gasteiger partial charge in [0.1, 0.15) is 0 Å². The monoisotopic (exact) mass is 368 g/mol. The third kappa shape index (κ3) is 3.87. The van der Waals surface area contributed by atoms with Gasteiger partial charge in [-0.2, -0.15) is 13.2 Å². The lowest BCUT2D eigenvalue weighted by Crippen LogP contribution is -2.62. The number of hydrogen-bond acceptors (Lipinski definition) is 2. The Morgan fingerprint density at radius 2 is 1.86 bits per heavy atom. The van der Waals surface area contributed by atoms with Crippen LogP contribution < -0.4 is 10.6 Å². The molecular weight excluding hydrogens is 357 g/mol. The molecule has 0 saturated heterocycles. The Balaban J connectivity index is 2.89. The number of alkyl halides is 3. The molecule has 21 heavy (non-hydrogen) atoms. The minimum atomic E-state index is -5.13. The lowest BCUT2D eigenvalue weighted by Gasteiger charge is -2.28. The van der Waals surface area contributed by atoms with Gasteiger partial charge in [-0.3, -0.25) is 0 Å². The Kier molecular flexibility index (Phi) is 4.87. The second kappa shape index (κ2) is 5.92. The van der Waals surface area contributed by atoms with Gasteiger partial charge in [0.25, 0.3) is 0 Å². The molecule has 3 N–H and O–H groups in total. The van der Waals surface area contributed by atoms with Crippen LogP contribution in [0.4, 0.5) is 23.7 Å². The van der Waals surface area contributed by atoms with Crippen molar-refractivity contribution in [3.63, 3.8) is 0 Å². The van der Waals surface area contributed by atoms with Crippen molar-refractivity contribution in [2.75, 3.05) is 5.32 Å². The summed E-state index contributed by atoms with van der Waals surface area (Å²) >= 11 is 3.21. The minimum Gasteiger partial charge on any atom is -0.479 e. The first-order valence-corrected chi connectivity index (χ1v) is 6.42. The zero-order valence-corrected chi connectivity index (χ0v) is 12.6. The number of nitrogens with one attached hydrogen (secondary N) is 2. The molecule has 1 aromatic carbocycles. The number of carbonyl (C=O) groups is 2. The van der Waals surface area contributed by atoms with E-state index in [0.29, 0.717) is 11.4 Å². The normalized spacial score (nSPS) is 14.2. The molecular formula is C12H12BrF3N2O3. The molecule has 0 aliphatic heterocycles. The maximum atomic E-state index is 12.7. The summed E-state index contributed by atoms with van der Waals surface area (Å²) in [5, 5.41) is 12.3. The standard InChI is InChI=1S/C12H12BrF3N2O3/c1-6-3-4-7(5-8(6)13)17-10(21)18-11(2,9(19)20)12(14,15)16/h3-5H,1-2H3,(H,19,20)(H2,17,18,21). The van der Waals surface area contributed by atoms with Crippen molar-refractivity contribution in [3.8, 4) is 0 Å². The zero-order chi connectivity index (χ0) is 16.4. The summed E-state index contributed by atoms with van der Waals surface area (Å²) in [6.45, 7) is 2.17. The van der Waals surface area contributed by atoms with Crippen molar-refractivity contribution < 1.29 is 27.9 Å². The van der Waals surface area contributed by atoms with Gasteiger partial charge >= 0.3 is 18.2 Å². The Morgan fingerprint density at radius 1 is 1.29 bits per heavy atom. The molecule has 0 aliphatic rings. The van der Waals surface area contributed by atoms with Crippen molar-refractivity contribution in [1.82, 2.24) is 5.32 Å². The molecule has 1 aromatic rings. The van der Waals surface area contributed by atoms with E-state index in [4.69, 9.17) is 5.11 Å². The summed E-state index contributed by atoms with van der Waals surface area (Å²) in [6.07, 6.45) is -5.13. The molecule has 0 saturated carbocycles. The quantitative estimate of drug-likeness (QED) is 0.765. The Labute approximate surface area is 126 Å². The van der Waals surface area contributed by atoms with Crippen molar-refractivity contribution in [2.24, 2.45) is 0 Å². The number of halogens is 4. The maximum Gasteiger partial charge on any atom is 0.422 e. The second-order valence-corrected chi connectivity index (χ2v) is 5.33. The van der Waals surface area contributed by atoms with Gasteiger partial charge in [0.05, 0.1) is 0 Å². The van der Waals surface area contributed by atoms with Crippen LogP contribution >= 0.6 is 15.9 Å². The van der Waals surface area contributed by atoms with Crippen LogP contribution in [0.15, 0.2) is 22.7 Å². The Morgan fingerprint density at radius 3 is 2.29 bits per heavy atom. The molecule has 0 aromatic heterocycles. The largest absolute Gasteiger partial charge is 0.479 e. The summed E-state index contributed by atoms with van der Waals surface area (Å²) in [6, 6.07) is 3.33. The lowest BCUT2D eigenvalue weighted by atomic mass is 10.0. The summed E-state index contributed by atoms with van der Waals surface area (Å²) in [7, 11) is 0. The van der Waals surface area contributed by atoms with Gasteiger partial charge in [0.15, 0.2) is 0 Å². The van der Waals surface area contributed by atoms with E-state index in [-0.39, 0.29) is 5.69 Å². The van der Waals surface area contributed by atoms with Gasteiger partial charge < -0.3 is 15.7 Å². The van der Waals surface area contributed by atoms with Crippen LogP contribution in [0.3, 0.4) is 0 Å². The van der Waals surface area contributed by atoms with Gasteiger partial charge in [-0.1, -0.05) is 22.0 Å². The highest BCUT2D eigenvalue weighted by atomic mass is 79.9. The van der Waals surface area contributed by atoms with Crippen molar-refractivity contribution in [2.45, 2.75) is 25.6 Å². The Hall–Kier alpha value is -1.77. The maximum absolute atomic E-state index is 12.7. The summed E-state index contributed by atoms with van der Waals surface area (Å²) in [4.78, 5) is 22.4. The molecule has 1 unspecified atom stereocenters. The van der Waals surface area contributed by atoms with E-state index < -0.39 is 23.7 Å². The van der Waals surface area contributed by atoms with Gasteiger partial charge in [-0.05, 0) is 31.5 Å². The van der Waals surface area contributed by atoms with Crippen LogP contribution in [0.2, 0.25) is 0 Å². The predicted molar refractivity (Wildman–Crippen MR) is 73.1 cm³/mol. The van der Waals surface area contributed by atoms with Crippen LogP contribution in [-0.4, -0.2) is 28.8 Å². The van der Waals surface area contributed by atoms with E-state index in [2.05, 4.69) is 21.2 Å². The van der Waals surface area contributed by atoms with Gasteiger partial charge in [0.2, 0.25) is 5.54 Å². The molecule has 0 spiro atoms. The zero-order valence-electron chi connectivity index (χ0n) is 11.0. The average molecular weight is 369 g/mol. The first-order chi connectivity index (χ1) is 9.47. The van der Waals surface area contributed by atoms with Crippen LogP contribution in [0.1, 0.15) is 12.5 Å². The highest BCUT2D eigenvalue weighted by Gasteiger charge is 2.58. The van der Waals surface area contributed by atoms with E-state index >= 15 is 0 Å². The van der Waals surface area contributed by atoms with Crippen molar-refractivity contribution in [3.05, 3.63) is 28.2 Å². The van der Waals surface area contributed by atoms with Crippen molar-refractivity contribution >= 4 is 33.6 Å². The number of rotatable bonds is 3. The molecule has 0 heterocycles. The summed E-state index contributed by atoms with van der Waals surface area (Å²) in [5.74, 6) is -2.20. The van der Waals surface area contributed by atoms with E-state index in [1.54, 1.807) is 13.0 Å². The van der Waals surface area contributed by atoms with Crippen LogP contribution in [0.25, 0.3) is 0 Å². The van der Waals surface area contributed by atoms with Gasteiger partial charge in [-0.25, -0.2) is 9.59 Å². The van der Waals surface area contributed by atoms with Crippen molar-refractivity contribution in [1.29, 1.82) is 0 Å². The number of carboxylic acid groups (broad SMARTS) is 1. The molecule has 116 valence electrons. The fraction of sp³-hybridized carbons (Fsp3) is 0.333. The molecule has 5 nitrogen and oxygen atoms in total. The Bertz CT molecular complexity index is 577. The number of carboxylic acids is 1. The molecule has 2 amide bonds. The SMILES string of the molecule is Cc1ccc(NC(=O)NC(C)(C(=O)O)C(F)(F)F)cc1Br. The highest BCUT2D eigenvalue weighted by Crippen LogP contribution is 2.30. The molecule has 9 heteroatoms. The molecule has 1 rings (SSSR count). The van der Waals surface area contributed by atoms with E-state index in [1.807, 2.05) is 0 Å². The lowest BCUT2D eigenvalue weighted by molar-refractivity contribution is -0.203. The van der Waals surface area contributed by atoms with Gasteiger partial charge in [0, 0.05) is 10.2 Å². The number of benzene rings is 1. The predicted octanol–water partition coefficient (Wildman–Crippen LogP) is 3.28. The fourth-order valence-electron chi connectivity index (χ4n) is 1.31. The third-order valence-electron chi connectivity index (χ3n) is 2.79. The summed E-state index contributed by atoms with van der Waals surface area (Å²) in [5.41, 5.74) is -2.29. The number of aliphatic carboxylic acids is 1. The van der Waals surface area contributed by atoms with Crippen LogP contribution in [0, 0.1) is 6.92 Å². The topological polar surface area (TPSA) is 78.4 Å². The first-order valence-electron chi connectivity index (χ1n) is 5.63. The second-order valence-electron chi connectivity index (χ2n) is 4.47. The fourth-order valence-corrected chi connectivity index (χ4v) is 1.68. The smallest absolute Gasteiger partial charge is 0.422 e. The molecule has 1 atom stereocenters. The number of amides is 2. The van der Waals surface area contributed by atoms with Crippen LogP contribution in [0.5, 0.6) is 0 Å². The molecule has 0 radical (unpaired) electrons. The minimum absolute atomic E-state index is 0.222. The number of anilines is 1. The highest BCUT2D eigenvalue weighted by molar-refractivity contribution is 9.10. The molecule has 0 aliphatic carbocycles. The number of carbonyl (C=O) groups excluding carboxylic acids is 1. The van der Waals surface area contributed by atoms with E-state index in [9.17, 15) is 22.8 Å². The number of hydrogen-bond donors (Lipinski definition) is 3. The number of aryl methyl sites for hydroxylation is 1. The molecule has 0 fully saturated rings. The van der Waals surface area contributed by atoms with Gasteiger partial charge in [-0.15, -0.1) is 0 Å². The van der Waals surface area contributed by atoms with Crippen LogP contribution in [-0.2, 0) is 4.79 Å². The third-order valence-corrected chi connectivity index (χ3v) is 3.64. The molecule has 0 bridgehead atoms.